The van der Waals surface area contributed by atoms with Gasteiger partial charge in [0.05, 0.1) is 12.2 Å². The van der Waals surface area contributed by atoms with Crippen LogP contribution in [0.25, 0.3) is 0 Å². The van der Waals surface area contributed by atoms with E-state index in [1.165, 1.54) is 49.8 Å². The molecule has 2 atom stereocenters. The molecule has 1 aliphatic heterocycles. The average molecular weight is 289 g/mol. The predicted octanol–water partition coefficient (Wildman–Crippen LogP) is 4.81. The average Bonchev–Trinajstić information content (AvgIpc) is 2.46. The van der Waals surface area contributed by atoms with Crippen molar-refractivity contribution in [3.63, 3.8) is 0 Å². The standard InChI is InChI=1S/C19H31NO/c1-4-5-6-7-8-10-18-11-9-12-19(13-18)20-14-16(2)21-17(3)15-20/h9,11-13,16-17H,4-8,10,14-15H2,1-3H3/t16-,17+. The van der Waals surface area contributed by atoms with E-state index in [-0.39, 0.29) is 0 Å². The first-order valence-electron chi connectivity index (χ1n) is 8.68. The molecular formula is C19H31NO. The molecule has 1 heterocycles. The summed E-state index contributed by atoms with van der Waals surface area (Å²) in [5, 5.41) is 0. The van der Waals surface area contributed by atoms with Crippen molar-refractivity contribution in [2.45, 2.75) is 71.5 Å². The van der Waals surface area contributed by atoms with Gasteiger partial charge in [0.1, 0.15) is 0 Å². The number of morpholine rings is 1. The number of hydrogen-bond acceptors (Lipinski definition) is 2. The Morgan fingerprint density at radius 1 is 1.05 bits per heavy atom. The molecule has 0 aliphatic carbocycles. The second kappa shape index (κ2) is 8.43. The van der Waals surface area contributed by atoms with Gasteiger partial charge in [-0.05, 0) is 44.4 Å². The summed E-state index contributed by atoms with van der Waals surface area (Å²) in [5.41, 5.74) is 2.85. The predicted molar refractivity (Wildman–Crippen MR) is 91.1 cm³/mol. The van der Waals surface area contributed by atoms with Crippen LogP contribution in [0.4, 0.5) is 5.69 Å². The van der Waals surface area contributed by atoms with Gasteiger partial charge in [-0.25, -0.2) is 0 Å². The van der Waals surface area contributed by atoms with Gasteiger partial charge < -0.3 is 9.64 Å². The third kappa shape index (κ3) is 5.35. The Labute approximate surface area is 130 Å². The Bertz CT molecular complexity index is 408. The van der Waals surface area contributed by atoms with Crippen LogP contribution in [0.2, 0.25) is 0 Å². The molecular weight excluding hydrogens is 258 g/mol. The second-order valence-corrected chi connectivity index (χ2v) is 6.50. The van der Waals surface area contributed by atoms with Crippen LogP contribution in [0, 0.1) is 0 Å². The van der Waals surface area contributed by atoms with Crippen LogP contribution >= 0.6 is 0 Å². The van der Waals surface area contributed by atoms with Gasteiger partial charge in [-0.1, -0.05) is 44.7 Å². The molecule has 1 aromatic rings. The van der Waals surface area contributed by atoms with E-state index in [9.17, 15) is 0 Å². The van der Waals surface area contributed by atoms with Crippen molar-refractivity contribution in [2.75, 3.05) is 18.0 Å². The highest BCUT2D eigenvalue weighted by Crippen LogP contribution is 2.22. The summed E-state index contributed by atoms with van der Waals surface area (Å²) in [5.74, 6) is 0. The van der Waals surface area contributed by atoms with Crippen LogP contribution in [0.15, 0.2) is 24.3 Å². The molecule has 2 nitrogen and oxygen atoms in total. The third-order valence-corrected chi connectivity index (χ3v) is 4.26. The number of hydrogen-bond donors (Lipinski definition) is 0. The molecule has 0 unspecified atom stereocenters. The first-order valence-corrected chi connectivity index (χ1v) is 8.68. The largest absolute Gasteiger partial charge is 0.372 e. The minimum absolute atomic E-state index is 0.325. The summed E-state index contributed by atoms with van der Waals surface area (Å²) in [6.45, 7) is 8.61. The zero-order chi connectivity index (χ0) is 15.1. The zero-order valence-electron chi connectivity index (χ0n) is 14.0. The molecule has 0 radical (unpaired) electrons. The van der Waals surface area contributed by atoms with Gasteiger partial charge in [0.15, 0.2) is 0 Å². The number of anilines is 1. The van der Waals surface area contributed by atoms with Crippen LogP contribution < -0.4 is 4.90 Å². The lowest BCUT2D eigenvalue weighted by molar-refractivity contribution is -0.00522. The lowest BCUT2D eigenvalue weighted by atomic mass is 10.0. The molecule has 118 valence electrons. The fourth-order valence-electron chi connectivity index (χ4n) is 3.23. The van der Waals surface area contributed by atoms with Crippen LogP contribution in [-0.2, 0) is 11.2 Å². The summed E-state index contributed by atoms with van der Waals surface area (Å²) in [6.07, 6.45) is 8.63. The SMILES string of the molecule is CCCCCCCc1cccc(N2C[C@@H](C)O[C@@H](C)C2)c1. The van der Waals surface area contributed by atoms with Gasteiger partial charge in [-0.3, -0.25) is 0 Å². The first kappa shape index (κ1) is 16.4. The molecule has 1 aliphatic rings. The Morgan fingerprint density at radius 2 is 1.76 bits per heavy atom. The Kier molecular flexibility index (Phi) is 6.56. The zero-order valence-corrected chi connectivity index (χ0v) is 14.0. The molecule has 0 spiro atoms. The van der Waals surface area contributed by atoms with Crippen molar-refractivity contribution >= 4 is 5.69 Å². The van der Waals surface area contributed by atoms with Gasteiger partial charge in [0.2, 0.25) is 0 Å². The van der Waals surface area contributed by atoms with E-state index in [0.717, 1.165) is 13.1 Å². The van der Waals surface area contributed by atoms with Crippen LogP contribution in [0.5, 0.6) is 0 Å². The maximum Gasteiger partial charge on any atom is 0.0726 e. The molecule has 0 aromatic heterocycles. The highest BCUT2D eigenvalue weighted by Gasteiger charge is 2.22. The van der Waals surface area contributed by atoms with Crippen LogP contribution in [-0.4, -0.2) is 25.3 Å². The number of nitrogens with zero attached hydrogens (tertiary/aromatic N) is 1. The number of unbranched alkanes of at least 4 members (excludes halogenated alkanes) is 4. The summed E-state index contributed by atoms with van der Waals surface area (Å²) in [7, 11) is 0. The van der Waals surface area contributed by atoms with Crippen molar-refractivity contribution in [2.24, 2.45) is 0 Å². The van der Waals surface area contributed by atoms with Gasteiger partial charge in [0.25, 0.3) is 0 Å². The fourth-order valence-corrected chi connectivity index (χ4v) is 3.23. The molecule has 0 N–H and O–H groups in total. The summed E-state index contributed by atoms with van der Waals surface area (Å²) < 4.78 is 5.83. The van der Waals surface area contributed by atoms with Gasteiger partial charge in [-0.2, -0.15) is 0 Å². The third-order valence-electron chi connectivity index (χ3n) is 4.26. The summed E-state index contributed by atoms with van der Waals surface area (Å²) in [6, 6.07) is 9.11. The number of aryl methyl sites for hydroxylation is 1. The Balaban J connectivity index is 1.88. The topological polar surface area (TPSA) is 12.5 Å². The maximum atomic E-state index is 5.83. The highest BCUT2D eigenvalue weighted by atomic mass is 16.5. The molecule has 0 amide bonds. The minimum Gasteiger partial charge on any atom is -0.372 e. The highest BCUT2D eigenvalue weighted by molar-refractivity contribution is 5.49. The normalized spacial score (nSPS) is 22.5. The minimum atomic E-state index is 0.325. The van der Waals surface area contributed by atoms with Crippen molar-refractivity contribution < 1.29 is 4.74 Å². The molecule has 1 saturated heterocycles. The lowest BCUT2D eigenvalue weighted by Crippen LogP contribution is -2.45. The molecule has 1 aromatic carbocycles. The van der Waals surface area contributed by atoms with E-state index in [4.69, 9.17) is 4.74 Å². The van der Waals surface area contributed by atoms with E-state index in [2.05, 4.69) is 49.9 Å². The van der Waals surface area contributed by atoms with Crippen LogP contribution in [0.3, 0.4) is 0 Å². The number of benzene rings is 1. The van der Waals surface area contributed by atoms with E-state index in [1.807, 2.05) is 0 Å². The van der Waals surface area contributed by atoms with Gasteiger partial charge in [0, 0.05) is 18.8 Å². The lowest BCUT2D eigenvalue weighted by Gasteiger charge is -2.37. The Morgan fingerprint density at radius 3 is 2.48 bits per heavy atom. The monoisotopic (exact) mass is 289 g/mol. The van der Waals surface area contributed by atoms with Crippen molar-refractivity contribution in [1.29, 1.82) is 0 Å². The molecule has 21 heavy (non-hydrogen) atoms. The maximum absolute atomic E-state index is 5.83. The second-order valence-electron chi connectivity index (χ2n) is 6.50. The van der Waals surface area contributed by atoms with E-state index < -0.39 is 0 Å². The van der Waals surface area contributed by atoms with E-state index in [0.29, 0.717) is 12.2 Å². The van der Waals surface area contributed by atoms with Gasteiger partial charge >= 0.3 is 0 Å². The summed E-state index contributed by atoms with van der Waals surface area (Å²) >= 11 is 0. The summed E-state index contributed by atoms with van der Waals surface area (Å²) in [4.78, 5) is 2.47. The smallest absolute Gasteiger partial charge is 0.0726 e. The van der Waals surface area contributed by atoms with Crippen LogP contribution in [0.1, 0.15) is 58.4 Å². The fraction of sp³-hybridized carbons (Fsp3) is 0.684. The number of rotatable bonds is 7. The molecule has 0 saturated carbocycles. The Hall–Kier alpha value is -1.02. The van der Waals surface area contributed by atoms with E-state index in [1.54, 1.807) is 0 Å². The van der Waals surface area contributed by atoms with Crippen molar-refractivity contribution in [3.8, 4) is 0 Å². The molecule has 0 bridgehead atoms. The molecule has 2 heteroatoms. The first-order chi connectivity index (χ1) is 10.2. The number of ether oxygens (including phenoxy) is 1. The quantitative estimate of drug-likeness (QED) is 0.668. The molecule has 1 fully saturated rings. The van der Waals surface area contributed by atoms with Gasteiger partial charge in [-0.15, -0.1) is 0 Å². The van der Waals surface area contributed by atoms with Crippen molar-refractivity contribution in [3.05, 3.63) is 29.8 Å². The van der Waals surface area contributed by atoms with Crippen molar-refractivity contribution in [1.82, 2.24) is 0 Å². The molecule has 2 rings (SSSR count). The van der Waals surface area contributed by atoms with E-state index >= 15 is 0 Å².